The lowest BCUT2D eigenvalue weighted by molar-refractivity contribution is 0.0943. The van der Waals surface area contributed by atoms with Crippen LogP contribution >= 0.6 is 23.7 Å². The molecule has 1 aliphatic rings. The number of nitrogens with zero attached hydrogens (tertiary/aromatic N) is 2. The molecule has 0 bridgehead atoms. The van der Waals surface area contributed by atoms with Crippen molar-refractivity contribution in [3.63, 3.8) is 0 Å². The highest BCUT2D eigenvalue weighted by Crippen LogP contribution is 2.24. The fourth-order valence-electron chi connectivity index (χ4n) is 2.18. The molecule has 1 amide bonds. The lowest BCUT2D eigenvalue weighted by Crippen LogP contribution is -2.39. The molecule has 26 heavy (non-hydrogen) atoms. The number of aromatic nitrogens is 1. The van der Waals surface area contributed by atoms with E-state index in [-0.39, 0.29) is 23.9 Å². The van der Waals surface area contributed by atoms with Gasteiger partial charge in [0, 0.05) is 12.1 Å². The van der Waals surface area contributed by atoms with Gasteiger partial charge in [-0.3, -0.25) is 9.69 Å². The fraction of sp³-hybridized carbons (Fsp3) is 0.556. The Labute approximate surface area is 165 Å². The van der Waals surface area contributed by atoms with Gasteiger partial charge in [-0.1, -0.05) is 17.4 Å². The SMILES string of the molecule is C=CCCCCNC(=O)c1cnc(OC=C2CN(C(C)(C)C)CO2)s1.Cl. The quantitative estimate of drug-likeness (QED) is 0.406. The van der Waals surface area contributed by atoms with Gasteiger partial charge in [0.25, 0.3) is 11.1 Å². The van der Waals surface area contributed by atoms with E-state index in [0.29, 0.717) is 29.9 Å². The number of halogens is 1. The molecule has 0 aromatic carbocycles. The fourth-order valence-corrected chi connectivity index (χ4v) is 2.84. The number of rotatable bonds is 8. The first-order chi connectivity index (χ1) is 11.9. The molecule has 1 fully saturated rings. The zero-order chi connectivity index (χ0) is 18.3. The Balaban J connectivity index is 0.00000338. The van der Waals surface area contributed by atoms with Crippen molar-refractivity contribution in [2.45, 2.75) is 45.6 Å². The number of carbonyl (C=O) groups excluding carboxylic acids is 1. The van der Waals surface area contributed by atoms with Crippen LogP contribution in [0.2, 0.25) is 0 Å². The van der Waals surface area contributed by atoms with Crippen LogP contribution in [0, 0.1) is 0 Å². The maximum atomic E-state index is 12.0. The van der Waals surface area contributed by atoms with Crippen LogP contribution in [-0.4, -0.2) is 41.2 Å². The van der Waals surface area contributed by atoms with Crippen molar-refractivity contribution < 1.29 is 14.3 Å². The minimum Gasteiger partial charge on any atom is -0.478 e. The number of nitrogens with one attached hydrogen (secondary N) is 1. The van der Waals surface area contributed by atoms with Gasteiger partial charge in [-0.25, -0.2) is 4.98 Å². The lowest BCUT2D eigenvalue weighted by atomic mass is 10.1. The van der Waals surface area contributed by atoms with E-state index < -0.39 is 0 Å². The van der Waals surface area contributed by atoms with Gasteiger partial charge in [0.1, 0.15) is 23.6 Å². The van der Waals surface area contributed by atoms with Gasteiger partial charge >= 0.3 is 0 Å². The summed E-state index contributed by atoms with van der Waals surface area (Å²) in [5, 5.41) is 3.32. The maximum Gasteiger partial charge on any atom is 0.278 e. The summed E-state index contributed by atoms with van der Waals surface area (Å²) in [5.74, 6) is 0.646. The number of unbranched alkanes of at least 4 members (excludes halogenated alkanes) is 2. The van der Waals surface area contributed by atoms with Gasteiger partial charge in [-0.2, -0.15) is 0 Å². The molecule has 0 unspecified atom stereocenters. The number of allylic oxidation sites excluding steroid dienone is 1. The third kappa shape index (κ3) is 6.97. The minimum absolute atomic E-state index is 0. The molecular weight excluding hydrogens is 374 g/mol. The van der Waals surface area contributed by atoms with E-state index in [1.165, 1.54) is 17.5 Å². The number of hydrogen-bond donors (Lipinski definition) is 1. The predicted molar refractivity (Wildman–Crippen MR) is 107 cm³/mol. The number of ether oxygens (including phenoxy) is 2. The zero-order valence-corrected chi connectivity index (χ0v) is 17.3. The van der Waals surface area contributed by atoms with Crippen LogP contribution in [0.15, 0.2) is 30.9 Å². The first-order valence-electron chi connectivity index (χ1n) is 8.48. The molecular formula is C18H28ClN3O3S. The second-order valence-corrected chi connectivity index (χ2v) is 7.87. The van der Waals surface area contributed by atoms with E-state index in [1.807, 2.05) is 6.08 Å². The summed E-state index contributed by atoms with van der Waals surface area (Å²) in [7, 11) is 0. The summed E-state index contributed by atoms with van der Waals surface area (Å²) < 4.78 is 11.1. The van der Waals surface area contributed by atoms with E-state index in [2.05, 4.69) is 42.6 Å². The summed E-state index contributed by atoms with van der Waals surface area (Å²) in [5.41, 5.74) is 0.0493. The number of amides is 1. The smallest absolute Gasteiger partial charge is 0.278 e. The second kappa shape index (κ2) is 10.5. The van der Waals surface area contributed by atoms with Gasteiger partial charge in [0.2, 0.25) is 0 Å². The van der Waals surface area contributed by atoms with Crippen molar-refractivity contribution in [3.05, 3.63) is 35.8 Å². The van der Waals surface area contributed by atoms with Gasteiger partial charge in [-0.05, 0) is 40.0 Å². The Morgan fingerprint density at radius 1 is 1.50 bits per heavy atom. The second-order valence-electron chi connectivity index (χ2n) is 6.87. The molecule has 0 spiro atoms. The van der Waals surface area contributed by atoms with Gasteiger partial charge in [0.05, 0.1) is 12.7 Å². The molecule has 2 heterocycles. The first-order valence-corrected chi connectivity index (χ1v) is 9.30. The summed E-state index contributed by atoms with van der Waals surface area (Å²) >= 11 is 1.22. The molecule has 0 atom stereocenters. The zero-order valence-electron chi connectivity index (χ0n) is 15.6. The molecule has 1 aromatic heterocycles. The van der Waals surface area contributed by atoms with Crippen molar-refractivity contribution in [2.75, 3.05) is 19.8 Å². The third-order valence-electron chi connectivity index (χ3n) is 3.82. The molecule has 1 saturated heterocycles. The summed E-state index contributed by atoms with van der Waals surface area (Å²) in [6.07, 6.45) is 7.93. The number of thiazole rings is 1. The van der Waals surface area contributed by atoms with Crippen molar-refractivity contribution in [1.29, 1.82) is 0 Å². The lowest BCUT2D eigenvalue weighted by Gasteiger charge is -2.28. The third-order valence-corrected chi connectivity index (χ3v) is 4.71. The Morgan fingerprint density at radius 3 is 2.92 bits per heavy atom. The molecule has 0 saturated carbocycles. The minimum atomic E-state index is -0.116. The average Bonchev–Trinajstić information content (AvgIpc) is 3.21. The van der Waals surface area contributed by atoms with E-state index in [0.717, 1.165) is 25.0 Å². The maximum absolute atomic E-state index is 12.0. The molecule has 6 nitrogen and oxygen atoms in total. The Hall–Kier alpha value is -1.57. The summed E-state index contributed by atoms with van der Waals surface area (Å²) in [6, 6.07) is 0. The molecule has 2 rings (SSSR count). The normalized spacial score (nSPS) is 16.0. The highest BCUT2D eigenvalue weighted by atomic mass is 35.5. The number of hydrogen-bond acceptors (Lipinski definition) is 6. The van der Waals surface area contributed by atoms with Gasteiger partial charge < -0.3 is 14.8 Å². The Morgan fingerprint density at radius 2 is 2.27 bits per heavy atom. The number of carbonyl (C=O) groups is 1. The largest absolute Gasteiger partial charge is 0.478 e. The topological polar surface area (TPSA) is 63.7 Å². The van der Waals surface area contributed by atoms with Crippen LogP contribution in [0.5, 0.6) is 5.19 Å². The van der Waals surface area contributed by atoms with Crippen molar-refractivity contribution in [1.82, 2.24) is 15.2 Å². The van der Waals surface area contributed by atoms with E-state index >= 15 is 0 Å². The van der Waals surface area contributed by atoms with Crippen molar-refractivity contribution >= 4 is 29.7 Å². The Kier molecular flexibility index (Phi) is 9.12. The summed E-state index contributed by atoms with van der Waals surface area (Å²) in [6.45, 7) is 12.0. The van der Waals surface area contributed by atoms with E-state index in [4.69, 9.17) is 9.47 Å². The highest BCUT2D eigenvalue weighted by Gasteiger charge is 2.28. The van der Waals surface area contributed by atoms with Gasteiger partial charge in [-0.15, -0.1) is 19.0 Å². The molecule has 0 aliphatic carbocycles. The van der Waals surface area contributed by atoms with Crippen LogP contribution in [0.4, 0.5) is 0 Å². The van der Waals surface area contributed by atoms with Crippen LogP contribution < -0.4 is 10.1 Å². The first kappa shape index (κ1) is 22.5. The standard InChI is InChI=1S/C18H27N3O3S.ClH/c1-5-6-7-8-9-19-16(22)15-10-20-17(25-15)23-12-14-11-21(13-24-14)18(2,3)4;/h5,10,12H,1,6-9,11,13H2,2-4H3,(H,19,22);1H. The molecule has 0 radical (unpaired) electrons. The summed E-state index contributed by atoms with van der Waals surface area (Å²) in [4.78, 5) is 18.9. The van der Waals surface area contributed by atoms with E-state index in [9.17, 15) is 4.79 Å². The van der Waals surface area contributed by atoms with Crippen LogP contribution in [0.25, 0.3) is 0 Å². The Bertz CT molecular complexity index is 625. The van der Waals surface area contributed by atoms with Crippen molar-refractivity contribution in [2.24, 2.45) is 0 Å². The molecule has 8 heteroatoms. The highest BCUT2D eigenvalue weighted by molar-refractivity contribution is 7.15. The molecule has 146 valence electrons. The van der Waals surface area contributed by atoms with Crippen LogP contribution in [0.1, 0.15) is 49.7 Å². The molecule has 1 aromatic rings. The molecule has 1 N–H and O–H groups in total. The van der Waals surface area contributed by atoms with E-state index in [1.54, 1.807) is 6.26 Å². The predicted octanol–water partition coefficient (Wildman–Crippen LogP) is 3.96. The molecule has 1 aliphatic heterocycles. The van der Waals surface area contributed by atoms with Crippen LogP contribution in [-0.2, 0) is 4.74 Å². The van der Waals surface area contributed by atoms with Crippen LogP contribution in [0.3, 0.4) is 0 Å². The monoisotopic (exact) mass is 401 g/mol. The average molecular weight is 402 g/mol. The van der Waals surface area contributed by atoms with Gasteiger partial charge in [0.15, 0.2) is 0 Å². The van der Waals surface area contributed by atoms with Crippen molar-refractivity contribution in [3.8, 4) is 5.19 Å².